The molecule has 0 aliphatic heterocycles. The van der Waals surface area contributed by atoms with E-state index in [1.165, 1.54) is 10.6 Å². The zero-order valence-corrected chi connectivity index (χ0v) is 16.8. The first-order valence-electron chi connectivity index (χ1n) is 9.70. The fraction of sp³-hybridized carbons (Fsp3) is 0.333. The normalized spacial score (nSPS) is 15.8. The van der Waals surface area contributed by atoms with Crippen molar-refractivity contribution in [2.45, 2.75) is 31.5 Å². The van der Waals surface area contributed by atoms with E-state index in [0.29, 0.717) is 29.4 Å². The monoisotopic (exact) mass is 445 g/mol. The molecule has 2 N–H and O–H groups in total. The minimum absolute atomic E-state index is 0.0187. The Bertz CT molecular complexity index is 1230. The van der Waals surface area contributed by atoms with Crippen molar-refractivity contribution in [3.63, 3.8) is 0 Å². The Morgan fingerprint density at radius 1 is 1.38 bits per heavy atom. The number of hydrogen-bond acceptors (Lipinski definition) is 6. The van der Waals surface area contributed by atoms with Gasteiger partial charge in [-0.3, -0.25) is 4.79 Å². The van der Waals surface area contributed by atoms with Gasteiger partial charge in [-0.15, -0.1) is 0 Å². The molecule has 4 rings (SSSR count). The smallest absolute Gasteiger partial charge is 0.420 e. The number of nitrogens with zero attached hydrogens (tertiary/aromatic N) is 4. The molecule has 3 heterocycles. The molecule has 0 spiro atoms. The maximum atomic E-state index is 13.0. The van der Waals surface area contributed by atoms with Crippen molar-refractivity contribution in [3.05, 3.63) is 42.4 Å². The molecule has 0 aromatic carbocycles. The molecule has 0 saturated heterocycles. The molecule has 166 valence electrons. The Kier molecular flexibility index (Phi) is 5.26. The molecule has 1 aliphatic rings. The zero-order chi connectivity index (χ0) is 23.1. The first kappa shape index (κ1) is 21.6. The lowest BCUT2D eigenvalue weighted by Crippen LogP contribution is -2.47. The second-order valence-corrected chi connectivity index (χ2v) is 7.82. The number of anilines is 1. The van der Waals surface area contributed by atoms with Gasteiger partial charge in [-0.1, -0.05) is 0 Å². The van der Waals surface area contributed by atoms with Crippen LogP contribution in [0.1, 0.15) is 25.5 Å². The van der Waals surface area contributed by atoms with Gasteiger partial charge in [0.15, 0.2) is 11.4 Å². The third kappa shape index (κ3) is 4.36. The lowest BCUT2D eigenvalue weighted by molar-refractivity contribution is -0.260. The zero-order valence-electron chi connectivity index (χ0n) is 16.8. The topological polar surface area (TPSA) is 113 Å². The highest BCUT2D eigenvalue weighted by atomic mass is 19.4. The summed E-state index contributed by atoms with van der Waals surface area (Å²) in [5.74, 6) is 0.280. The van der Waals surface area contributed by atoms with E-state index in [-0.39, 0.29) is 23.3 Å². The SMILES string of the molecule is C[C@@](O)(COc1cnc(C#N)cc1-c1ccn2nc(NC(=O)C3CC3)cc2c1)C(F)(F)F. The summed E-state index contributed by atoms with van der Waals surface area (Å²) >= 11 is 0. The Morgan fingerprint density at radius 3 is 2.78 bits per heavy atom. The van der Waals surface area contributed by atoms with Gasteiger partial charge in [-0.2, -0.15) is 23.5 Å². The van der Waals surface area contributed by atoms with E-state index in [0.717, 1.165) is 19.0 Å². The molecule has 1 amide bonds. The fourth-order valence-corrected chi connectivity index (χ4v) is 2.94. The highest BCUT2D eigenvalue weighted by Crippen LogP contribution is 2.35. The largest absolute Gasteiger partial charge is 0.488 e. The summed E-state index contributed by atoms with van der Waals surface area (Å²) in [5.41, 5.74) is -1.57. The number of aliphatic hydroxyl groups is 1. The minimum Gasteiger partial charge on any atom is -0.488 e. The molecule has 0 bridgehead atoms. The van der Waals surface area contributed by atoms with Crippen LogP contribution < -0.4 is 10.1 Å². The average Bonchev–Trinajstić information content (AvgIpc) is 3.51. The molecule has 0 unspecified atom stereocenters. The van der Waals surface area contributed by atoms with Gasteiger partial charge in [0.1, 0.15) is 24.1 Å². The lowest BCUT2D eigenvalue weighted by Gasteiger charge is -2.26. The lowest BCUT2D eigenvalue weighted by atomic mass is 10.1. The van der Waals surface area contributed by atoms with Crippen LogP contribution in [0.2, 0.25) is 0 Å². The summed E-state index contributed by atoms with van der Waals surface area (Å²) < 4.78 is 45.7. The number of fused-ring (bicyclic) bond motifs is 1. The first-order chi connectivity index (χ1) is 15.1. The van der Waals surface area contributed by atoms with Crippen molar-refractivity contribution < 1.29 is 27.8 Å². The maximum absolute atomic E-state index is 13.0. The molecule has 1 aliphatic carbocycles. The second-order valence-electron chi connectivity index (χ2n) is 7.82. The molecule has 3 aromatic heterocycles. The van der Waals surface area contributed by atoms with Gasteiger partial charge in [0.25, 0.3) is 0 Å². The number of nitrogens with one attached hydrogen (secondary N) is 1. The summed E-state index contributed by atoms with van der Waals surface area (Å²) in [6.07, 6.45) is -0.417. The molecule has 11 heteroatoms. The van der Waals surface area contributed by atoms with Crippen molar-refractivity contribution in [1.29, 1.82) is 5.26 Å². The molecule has 1 saturated carbocycles. The van der Waals surface area contributed by atoms with Gasteiger partial charge in [0, 0.05) is 23.7 Å². The number of pyridine rings is 2. The summed E-state index contributed by atoms with van der Waals surface area (Å²) in [6.45, 7) is -0.442. The number of alkyl halides is 3. The number of halogens is 3. The standard InChI is InChI=1S/C21H18F3N5O3/c1-20(31,21(22,23)24)11-32-17-10-26-14(9-25)7-16(17)13-4-5-29-15(6-13)8-18(28-29)27-19(30)12-2-3-12/h4-8,10,12,31H,2-3,11H2,1H3,(H,27,28,30)/t20-/m1/s1. The van der Waals surface area contributed by atoms with Gasteiger partial charge < -0.3 is 15.2 Å². The first-order valence-corrected chi connectivity index (χ1v) is 9.70. The van der Waals surface area contributed by atoms with Crippen molar-refractivity contribution >= 4 is 17.2 Å². The van der Waals surface area contributed by atoms with E-state index in [4.69, 9.17) is 4.74 Å². The van der Waals surface area contributed by atoms with Crippen molar-refractivity contribution in [2.24, 2.45) is 5.92 Å². The number of nitriles is 1. The van der Waals surface area contributed by atoms with Gasteiger partial charge in [-0.25, -0.2) is 9.50 Å². The highest BCUT2D eigenvalue weighted by molar-refractivity contribution is 5.93. The van der Waals surface area contributed by atoms with E-state index in [1.807, 2.05) is 6.07 Å². The van der Waals surface area contributed by atoms with E-state index in [1.54, 1.807) is 24.4 Å². The van der Waals surface area contributed by atoms with Crippen molar-refractivity contribution in [1.82, 2.24) is 14.6 Å². The molecule has 8 nitrogen and oxygen atoms in total. The number of hydrogen-bond donors (Lipinski definition) is 2. The Balaban J connectivity index is 1.65. The van der Waals surface area contributed by atoms with E-state index in [9.17, 15) is 28.3 Å². The number of rotatable bonds is 6. The fourth-order valence-electron chi connectivity index (χ4n) is 2.94. The number of carbonyl (C=O) groups excluding carboxylic acids is 1. The van der Waals surface area contributed by atoms with Crippen LogP contribution in [0.3, 0.4) is 0 Å². The van der Waals surface area contributed by atoms with Crippen LogP contribution in [0.15, 0.2) is 36.7 Å². The van der Waals surface area contributed by atoms with Crippen molar-refractivity contribution in [2.75, 3.05) is 11.9 Å². The molecule has 1 fully saturated rings. The summed E-state index contributed by atoms with van der Waals surface area (Å²) in [5, 5.41) is 25.9. The van der Waals surface area contributed by atoms with Crippen LogP contribution in [-0.4, -0.2) is 44.0 Å². The number of aromatic nitrogens is 3. The van der Waals surface area contributed by atoms with Gasteiger partial charge in [0.05, 0.1) is 11.7 Å². The number of amides is 1. The van der Waals surface area contributed by atoms with Crippen LogP contribution in [0, 0.1) is 17.2 Å². The molecular formula is C21H18F3N5O3. The number of ether oxygens (including phenoxy) is 1. The van der Waals surface area contributed by atoms with Crippen molar-refractivity contribution in [3.8, 4) is 22.9 Å². The molecule has 1 atom stereocenters. The Morgan fingerprint density at radius 2 is 2.12 bits per heavy atom. The number of carbonyl (C=O) groups is 1. The third-order valence-corrected chi connectivity index (χ3v) is 5.08. The van der Waals surface area contributed by atoms with Crippen LogP contribution in [0.25, 0.3) is 16.6 Å². The maximum Gasteiger partial charge on any atom is 0.420 e. The second kappa shape index (κ2) is 7.80. The van der Waals surface area contributed by atoms with Crippen LogP contribution in [-0.2, 0) is 4.79 Å². The summed E-state index contributed by atoms with van der Waals surface area (Å²) in [4.78, 5) is 15.8. The van der Waals surface area contributed by atoms with E-state index < -0.39 is 18.4 Å². The summed E-state index contributed by atoms with van der Waals surface area (Å²) in [6, 6.07) is 8.24. The van der Waals surface area contributed by atoms with Crippen LogP contribution >= 0.6 is 0 Å². The van der Waals surface area contributed by atoms with E-state index in [2.05, 4.69) is 15.4 Å². The van der Waals surface area contributed by atoms with E-state index >= 15 is 0 Å². The third-order valence-electron chi connectivity index (χ3n) is 5.08. The van der Waals surface area contributed by atoms with Gasteiger partial charge in [0.2, 0.25) is 5.91 Å². The Hall–Kier alpha value is -3.65. The minimum atomic E-state index is -4.88. The highest BCUT2D eigenvalue weighted by Gasteiger charge is 2.50. The predicted molar refractivity (Wildman–Crippen MR) is 107 cm³/mol. The molecular weight excluding hydrogens is 427 g/mol. The Labute approximate surface area is 180 Å². The molecule has 32 heavy (non-hydrogen) atoms. The quantitative estimate of drug-likeness (QED) is 0.602. The van der Waals surface area contributed by atoms with Crippen LogP contribution in [0.5, 0.6) is 5.75 Å². The molecule has 3 aromatic rings. The predicted octanol–water partition coefficient (Wildman–Crippen LogP) is 3.31. The molecule has 0 radical (unpaired) electrons. The van der Waals surface area contributed by atoms with Gasteiger partial charge in [-0.05, 0) is 43.5 Å². The van der Waals surface area contributed by atoms with Crippen LogP contribution in [0.4, 0.5) is 19.0 Å². The summed E-state index contributed by atoms with van der Waals surface area (Å²) in [7, 11) is 0. The average molecular weight is 445 g/mol. The van der Waals surface area contributed by atoms with Gasteiger partial charge >= 0.3 is 6.18 Å².